The summed E-state index contributed by atoms with van der Waals surface area (Å²) >= 11 is 0. The molecule has 1 N–H and O–H groups in total. The third kappa shape index (κ3) is 1.23. The van der Waals surface area contributed by atoms with Crippen LogP contribution in [0.2, 0.25) is 0 Å². The van der Waals surface area contributed by atoms with Crippen molar-refractivity contribution < 1.29 is 4.79 Å². The van der Waals surface area contributed by atoms with Crippen molar-refractivity contribution in [2.75, 3.05) is 13.1 Å². The molecule has 3 nitrogen and oxygen atoms in total. The fourth-order valence-corrected chi connectivity index (χ4v) is 1.26. The molecule has 62 valence electrons. The Morgan fingerprint density at radius 1 is 1.50 bits per heavy atom. The number of hydrogen-bond acceptors (Lipinski definition) is 3. The minimum Gasteiger partial charge on any atom is -0.315 e. The molecule has 0 aliphatic carbocycles. The average molecular weight is 162 g/mol. The molecule has 0 spiro atoms. The highest BCUT2D eigenvalue weighted by Gasteiger charge is 2.19. The Morgan fingerprint density at radius 2 is 2.33 bits per heavy atom. The fourth-order valence-electron chi connectivity index (χ4n) is 1.26. The summed E-state index contributed by atoms with van der Waals surface area (Å²) in [7, 11) is 0. The van der Waals surface area contributed by atoms with Crippen molar-refractivity contribution in [1.29, 1.82) is 0 Å². The molecule has 1 aromatic heterocycles. The van der Waals surface area contributed by atoms with E-state index >= 15 is 0 Å². The van der Waals surface area contributed by atoms with Crippen LogP contribution in [0.1, 0.15) is 22.1 Å². The molecule has 0 unspecified atom stereocenters. The fraction of sp³-hybridized carbons (Fsp3) is 0.333. The number of rotatable bonds is 2. The summed E-state index contributed by atoms with van der Waals surface area (Å²) in [6.45, 7) is 1.96. The van der Waals surface area contributed by atoms with Crippen molar-refractivity contribution >= 4 is 6.29 Å². The molecule has 12 heavy (non-hydrogen) atoms. The Bertz CT molecular complexity index is 294. The molecule has 0 atom stereocenters. The van der Waals surface area contributed by atoms with Gasteiger partial charge in [-0.3, -0.25) is 4.79 Å². The summed E-state index contributed by atoms with van der Waals surface area (Å²) in [6, 6.07) is 5.57. The van der Waals surface area contributed by atoms with Crippen molar-refractivity contribution in [3.8, 4) is 0 Å². The summed E-state index contributed by atoms with van der Waals surface area (Å²) < 4.78 is 0. The second-order valence-corrected chi connectivity index (χ2v) is 2.96. The Labute approximate surface area is 70.8 Å². The molecule has 0 saturated carbocycles. The average Bonchev–Trinajstić information content (AvgIpc) is 2.02. The van der Waals surface area contributed by atoms with E-state index in [1.807, 2.05) is 12.1 Å². The second kappa shape index (κ2) is 3.03. The first-order chi connectivity index (χ1) is 5.90. The molecule has 0 bridgehead atoms. The lowest BCUT2D eigenvalue weighted by molar-refractivity contribution is 0.111. The second-order valence-electron chi connectivity index (χ2n) is 2.96. The normalized spacial score (nSPS) is 17.0. The maximum atomic E-state index is 10.4. The zero-order chi connectivity index (χ0) is 8.39. The molecule has 0 amide bonds. The molecule has 1 saturated heterocycles. The Morgan fingerprint density at radius 3 is 2.92 bits per heavy atom. The summed E-state index contributed by atoms with van der Waals surface area (Å²) in [4.78, 5) is 14.6. The first-order valence-corrected chi connectivity index (χ1v) is 4.03. The molecule has 0 aromatic carbocycles. The molecule has 1 aliphatic heterocycles. The van der Waals surface area contributed by atoms with Gasteiger partial charge in [0.2, 0.25) is 0 Å². The van der Waals surface area contributed by atoms with Crippen LogP contribution in [0.15, 0.2) is 18.2 Å². The topological polar surface area (TPSA) is 42.0 Å². The molecule has 1 fully saturated rings. The smallest absolute Gasteiger partial charge is 0.168 e. The lowest BCUT2D eigenvalue weighted by Gasteiger charge is -2.26. The highest BCUT2D eigenvalue weighted by Crippen LogP contribution is 2.16. The van der Waals surface area contributed by atoms with Crippen LogP contribution in [0, 0.1) is 0 Å². The molecule has 1 aliphatic rings. The van der Waals surface area contributed by atoms with E-state index in [2.05, 4.69) is 10.3 Å². The van der Waals surface area contributed by atoms with Gasteiger partial charge in [0.15, 0.2) is 6.29 Å². The van der Waals surface area contributed by atoms with E-state index in [9.17, 15) is 4.79 Å². The van der Waals surface area contributed by atoms with Gasteiger partial charge in [-0.05, 0) is 12.1 Å². The Balaban J connectivity index is 2.25. The van der Waals surface area contributed by atoms with Gasteiger partial charge < -0.3 is 5.32 Å². The number of aldehydes is 1. The van der Waals surface area contributed by atoms with Gasteiger partial charge in [-0.25, -0.2) is 4.98 Å². The number of carbonyl (C=O) groups excluding carboxylic acids is 1. The monoisotopic (exact) mass is 162 g/mol. The highest BCUT2D eigenvalue weighted by atomic mass is 16.1. The van der Waals surface area contributed by atoms with E-state index < -0.39 is 0 Å². The van der Waals surface area contributed by atoms with E-state index in [4.69, 9.17) is 0 Å². The predicted octanol–water partition coefficient (Wildman–Crippen LogP) is 0.581. The van der Waals surface area contributed by atoms with Crippen LogP contribution in [-0.4, -0.2) is 24.4 Å². The zero-order valence-corrected chi connectivity index (χ0v) is 6.66. The number of nitrogens with zero attached hydrogens (tertiary/aromatic N) is 1. The Kier molecular flexibility index (Phi) is 1.87. The molecule has 3 heteroatoms. The van der Waals surface area contributed by atoms with Gasteiger partial charge in [0.1, 0.15) is 5.69 Å². The largest absolute Gasteiger partial charge is 0.315 e. The molecule has 2 rings (SSSR count). The van der Waals surface area contributed by atoms with Gasteiger partial charge in [0.25, 0.3) is 0 Å². The maximum Gasteiger partial charge on any atom is 0.168 e. The van der Waals surface area contributed by atoms with Crippen molar-refractivity contribution in [3.63, 3.8) is 0 Å². The molecule has 2 heterocycles. The van der Waals surface area contributed by atoms with E-state index in [-0.39, 0.29) is 0 Å². The number of hydrogen-bond donors (Lipinski definition) is 1. The Hall–Kier alpha value is -1.22. The quantitative estimate of drug-likeness (QED) is 0.647. The van der Waals surface area contributed by atoms with Crippen LogP contribution < -0.4 is 5.32 Å². The first-order valence-electron chi connectivity index (χ1n) is 4.03. The van der Waals surface area contributed by atoms with Crippen molar-refractivity contribution in [2.24, 2.45) is 0 Å². The van der Waals surface area contributed by atoms with Crippen LogP contribution in [0.25, 0.3) is 0 Å². The van der Waals surface area contributed by atoms with Crippen LogP contribution in [0.5, 0.6) is 0 Å². The number of pyridine rings is 1. The third-order valence-corrected chi connectivity index (χ3v) is 2.11. The number of carbonyl (C=O) groups is 1. The van der Waals surface area contributed by atoms with E-state index in [1.165, 1.54) is 0 Å². The minimum atomic E-state index is 0.505. The van der Waals surface area contributed by atoms with Crippen LogP contribution in [0.3, 0.4) is 0 Å². The van der Waals surface area contributed by atoms with E-state index in [0.29, 0.717) is 11.6 Å². The van der Waals surface area contributed by atoms with Crippen molar-refractivity contribution in [2.45, 2.75) is 5.92 Å². The first kappa shape index (κ1) is 7.43. The summed E-state index contributed by atoms with van der Waals surface area (Å²) in [5, 5.41) is 3.17. The van der Waals surface area contributed by atoms with E-state index in [1.54, 1.807) is 6.07 Å². The van der Waals surface area contributed by atoms with E-state index in [0.717, 1.165) is 25.1 Å². The van der Waals surface area contributed by atoms with Gasteiger partial charge >= 0.3 is 0 Å². The minimum absolute atomic E-state index is 0.505. The molecule has 1 aromatic rings. The number of aromatic nitrogens is 1. The molecular weight excluding hydrogens is 152 g/mol. The molecular formula is C9H10N2O. The predicted molar refractivity (Wildman–Crippen MR) is 45.2 cm³/mol. The van der Waals surface area contributed by atoms with Crippen molar-refractivity contribution in [1.82, 2.24) is 10.3 Å². The van der Waals surface area contributed by atoms with Crippen LogP contribution >= 0.6 is 0 Å². The SMILES string of the molecule is O=Cc1cccc(C2CNC2)n1. The van der Waals surface area contributed by atoms with Crippen molar-refractivity contribution in [3.05, 3.63) is 29.6 Å². The van der Waals surface area contributed by atoms with Crippen LogP contribution in [0.4, 0.5) is 0 Å². The standard InChI is InChI=1S/C9H10N2O/c12-6-8-2-1-3-9(11-8)7-4-10-5-7/h1-3,6-7,10H,4-5H2. The summed E-state index contributed by atoms with van der Waals surface area (Å²) in [5.74, 6) is 0.505. The lowest BCUT2D eigenvalue weighted by atomic mass is 9.99. The lowest BCUT2D eigenvalue weighted by Crippen LogP contribution is -2.40. The van der Waals surface area contributed by atoms with Gasteiger partial charge in [-0.15, -0.1) is 0 Å². The van der Waals surface area contributed by atoms with Gasteiger partial charge in [0, 0.05) is 24.7 Å². The summed E-state index contributed by atoms with van der Waals surface area (Å²) in [5.41, 5.74) is 1.55. The van der Waals surface area contributed by atoms with Gasteiger partial charge in [-0.2, -0.15) is 0 Å². The zero-order valence-electron chi connectivity index (χ0n) is 6.66. The number of nitrogens with one attached hydrogen (secondary N) is 1. The summed E-state index contributed by atoms with van der Waals surface area (Å²) in [6.07, 6.45) is 0.787. The third-order valence-electron chi connectivity index (χ3n) is 2.11. The maximum absolute atomic E-state index is 10.4. The van der Waals surface area contributed by atoms with Gasteiger partial charge in [-0.1, -0.05) is 6.07 Å². The van der Waals surface area contributed by atoms with Crippen LogP contribution in [-0.2, 0) is 0 Å². The van der Waals surface area contributed by atoms with Gasteiger partial charge in [0.05, 0.1) is 0 Å². The molecule has 0 radical (unpaired) electrons. The highest BCUT2D eigenvalue weighted by molar-refractivity contribution is 5.71.